The number of amides is 3. The molecule has 0 bridgehead atoms. The number of halogens is 6. The highest BCUT2D eigenvalue weighted by molar-refractivity contribution is 7.10. The largest absolute Gasteiger partial charge is 0.416 e. The van der Waals surface area contributed by atoms with Crippen LogP contribution in [0.25, 0.3) is 0 Å². The fourth-order valence-corrected chi connectivity index (χ4v) is 5.45. The van der Waals surface area contributed by atoms with Crippen LogP contribution >= 0.6 is 11.3 Å². The van der Waals surface area contributed by atoms with E-state index in [2.05, 4.69) is 0 Å². The number of aryl methyl sites for hydroxylation is 1. The molecule has 0 spiro atoms. The molecule has 1 aromatic heterocycles. The highest BCUT2D eigenvalue weighted by Gasteiger charge is 2.41. The van der Waals surface area contributed by atoms with Gasteiger partial charge in [0.25, 0.3) is 0 Å². The minimum Gasteiger partial charge on any atom is -0.361 e. The third kappa shape index (κ3) is 6.00. The first kappa shape index (κ1) is 27.5. The number of benzene rings is 1. The van der Waals surface area contributed by atoms with Crippen LogP contribution in [0.5, 0.6) is 0 Å². The number of hydrogen-bond donors (Lipinski definition) is 1. The zero-order valence-electron chi connectivity index (χ0n) is 19.2. The molecule has 3 rings (SSSR count). The quantitative estimate of drug-likeness (QED) is 0.471. The van der Waals surface area contributed by atoms with Crippen LogP contribution in [0.3, 0.4) is 0 Å². The van der Waals surface area contributed by atoms with Crippen molar-refractivity contribution in [3.63, 3.8) is 0 Å². The highest BCUT2D eigenvalue weighted by Crippen LogP contribution is 2.39. The standard InChI is InChI=1S/C23H23F6N3O3S/c1-12-4-6-36-18(12)17-11-32(21(35)19(30)33)5-3-16(17)20(34)31(2)10-13-7-14(22(24,25)26)9-15(8-13)23(27,28)29/h4,6-9,16-17H,3,5,10-11H2,1-2H3,(H2,30,33). The summed E-state index contributed by atoms with van der Waals surface area (Å²) in [6.07, 6.45) is -9.86. The van der Waals surface area contributed by atoms with Crippen LogP contribution in [0.1, 0.15) is 39.5 Å². The zero-order valence-corrected chi connectivity index (χ0v) is 20.1. The van der Waals surface area contributed by atoms with Gasteiger partial charge < -0.3 is 15.5 Å². The lowest BCUT2D eigenvalue weighted by molar-refractivity contribution is -0.147. The van der Waals surface area contributed by atoms with E-state index in [9.17, 15) is 40.7 Å². The van der Waals surface area contributed by atoms with Gasteiger partial charge in [-0.2, -0.15) is 26.3 Å². The Kier molecular flexibility index (Phi) is 7.72. The number of primary amides is 1. The van der Waals surface area contributed by atoms with Crippen LogP contribution in [0, 0.1) is 12.8 Å². The summed E-state index contributed by atoms with van der Waals surface area (Å²) in [5, 5.41) is 1.80. The maximum atomic E-state index is 13.4. The molecular formula is C23H23F6N3O3S. The van der Waals surface area contributed by atoms with Gasteiger partial charge in [0.05, 0.1) is 11.1 Å². The first-order chi connectivity index (χ1) is 16.6. The Labute approximate surface area is 206 Å². The molecule has 196 valence electrons. The minimum absolute atomic E-state index is 0.0230. The summed E-state index contributed by atoms with van der Waals surface area (Å²) in [6, 6.07) is 3.04. The van der Waals surface area contributed by atoms with E-state index in [0.29, 0.717) is 12.1 Å². The van der Waals surface area contributed by atoms with Gasteiger partial charge in [0.1, 0.15) is 0 Å². The van der Waals surface area contributed by atoms with E-state index < -0.39 is 59.6 Å². The number of thiophene rings is 1. The van der Waals surface area contributed by atoms with Crippen LogP contribution < -0.4 is 5.73 Å². The SMILES string of the molecule is Cc1ccsc1C1CN(C(=O)C(N)=O)CCC1C(=O)N(C)Cc1cc(C(F)(F)F)cc(C(F)(F)F)c1. The Morgan fingerprint density at radius 1 is 1.08 bits per heavy atom. The summed E-state index contributed by atoms with van der Waals surface area (Å²) < 4.78 is 79.3. The molecule has 2 heterocycles. The van der Waals surface area contributed by atoms with Gasteiger partial charge in [-0.15, -0.1) is 11.3 Å². The van der Waals surface area contributed by atoms with E-state index in [1.165, 1.54) is 23.3 Å². The lowest BCUT2D eigenvalue weighted by atomic mass is 9.82. The topological polar surface area (TPSA) is 83.7 Å². The zero-order chi connectivity index (χ0) is 27.0. The number of rotatable bonds is 4. The van der Waals surface area contributed by atoms with Gasteiger partial charge in [0.15, 0.2) is 0 Å². The molecular weight excluding hydrogens is 512 g/mol. The van der Waals surface area contributed by atoms with Gasteiger partial charge in [-0.25, -0.2) is 0 Å². The molecule has 1 fully saturated rings. The second-order valence-corrected chi connectivity index (χ2v) is 9.64. The highest BCUT2D eigenvalue weighted by atomic mass is 32.1. The number of alkyl halides is 6. The van der Waals surface area contributed by atoms with Gasteiger partial charge in [0, 0.05) is 43.4 Å². The van der Waals surface area contributed by atoms with E-state index in [1.807, 2.05) is 13.0 Å². The molecule has 0 aliphatic carbocycles. The monoisotopic (exact) mass is 535 g/mol. The second kappa shape index (κ2) is 10.1. The fourth-order valence-electron chi connectivity index (χ4n) is 4.36. The summed E-state index contributed by atoms with van der Waals surface area (Å²) in [5.74, 6) is -3.76. The molecule has 2 unspecified atom stereocenters. The molecule has 0 saturated carbocycles. The number of nitrogens with zero attached hydrogens (tertiary/aromatic N) is 2. The van der Waals surface area contributed by atoms with Crippen molar-refractivity contribution in [3.05, 3.63) is 56.8 Å². The van der Waals surface area contributed by atoms with E-state index in [0.717, 1.165) is 15.3 Å². The van der Waals surface area contributed by atoms with Crippen LogP contribution in [-0.4, -0.2) is 47.7 Å². The molecule has 2 N–H and O–H groups in total. The van der Waals surface area contributed by atoms with Crippen molar-refractivity contribution < 1.29 is 40.7 Å². The van der Waals surface area contributed by atoms with E-state index >= 15 is 0 Å². The third-order valence-electron chi connectivity index (χ3n) is 6.11. The van der Waals surface area contributed by atoms with E-state index in [4.69, 9.17) is 5.73 Å². The predicted octanol–water partition coefficient (Wildman–Crippen LogP) is 4.17. The van der Waals surface area contributed by atoms with Gasteiger partial charge >= 0.3 is 24.2 Å². The van der Waals surface area contributed by atoms with Gasteiger partial charge in [-0.3, -0.25) is 14.4 Å². The van der Waals surface area contributed by atoms with Crippen molar-refractivity contribution in [2.75, 3.05) is 20.1 Å². The third-order valence-corrected chi connectivity index (χ3v) is 7.26. The molecule has 2 aromatic rings. The maximum Gasteiger partial charge on any atom is 0.416 e. The van der Waals surface area contributed by atoms with Crippen molar-refractivity contribution in [1.29, 1.82) is 0 Å². The summed E-state index contributed by atoms with van der Waals surface area (Å²) in [5.41, 5.74) is 2.72. The molecule has 3 amide bonds. The Hall–Kier alpha value is -3.09. The first-order valence-electron chi connectivity index (χ1n) is 10.8. The summed E-state index contributed by atoms with van der Waals surface area (Å²) >= 11 is 1.35. The number of hydrogen-bond acceptors (Lipinski definition) is 4. The molecule has 2 atom stereocenters. The van der Waals surface area contributed by atoms with Crippen LogP contribution in [0.4, 0.5) is 26.3 Å². The van der Waals surface area contributed by atoms with Crippen LogP contribution in [0.2, 0.25) is 0 Å². The predicted molar refractivity (Wildman–Crippen MR) is 119 cm³/mol. The Balaban J connectivity index is 1.89. The Morgan fingerprint density at radius 2 is 1.67 bits per heavy atom. The van der Waals surface area contributed by atoms with Crippen LogP contribution in [0.15, 0.2) is 29.6 Å². The molecule has 1 aliphatic heterocycles. The van der Waals surface area contributed by atoms with E-state index in [1.54, 1.807) is 5.38 Å². The average Bonchev–Trinajstić information content (AvgIpc) is 3.21. The Bertz CT molecular complexity index is 1130. The molecule has 0 radical (unpaired) electrons. The van der Waals surface area contributed by atoms with Gasteiger partial charge in [-0.05, 0) is 54.1 Å². The maximum absolute atomic E-state index is 13.4. The van der Waals surface area contributed by atoms with Crippen molar-refractivity contribution in [3.8, 4) is 0 Å². The molecule has 36 heavy (non-hydrogen) atoms. The molecule has 1 aromatic carbocycles. The van der Waals surface area contributed by atoms with Gasteiger partial charge in [0.2, 0.25) is 5.91 Å². The minimum atomic E-state index is -5.00. The first-order valence-corrected chi connectivity index (χ1v) is 11.6. The normalized spacial score (nSPS) is 18.7. The number of carbonyl (C=O) groups is 3. The summed E-state index contributed by atoms with van der Waals surface area (Å²) in [7, 11) is 1.30. The number of likely N-dealkylation sites (tertiary alicyclic amines) is 1. The number of nitrogens with two attached hydrogens (primary N) is 1. The smallest absolute Gasteiger partial charge is 0.361 e. The fraction of sp³-hybridized carbons (Fsp3) is 0.435. The lowest BCUT2D eigenvalue weighted by Gasteiger charge is -2.39. The van der Waals surface area contributed by atoms with Gasteiger partial charge in [-0.1, -0.05) is 0 Å². The molecule has 13 heteroatoms. The van der Waals surface area contributed by atoms with E-state index in [-0.39, 0.29) is 31.1 Å². The average molecular weight is 536 g/mol. The number of piperidine rings is 1. The second-order valence-electron chi connectivity index (χ2n) is 8.69. The van der Waals surface area contributed by atoms with Crippen molar-refractivity contribution in [2.45, 2.75) is 38.2 Å². The molecule has 6 nitrogen and oxygen atoms in total. The molecule has 1 saturated heterocycles. The lowest BCUT2D eigenvalue weighted by Crippen LogP contribution is -2.50. The van der Waals surface area contributed by atoms with Crippen molar-refractivity contribution in [2.24, 2.45) is 11.7 Å². The summed E-state index contributed by atoms with van der Waals surface area (Å²) in [4.78, 5) is 40.0. The van der Waals surface area contributed by atoms with Crippen LogP contribution in [-0.2, 0) is 33.3 Å². The summed E-state index contributed by atoms with van der Waals surface area (Å²) in [6.45, 7) is 1.40. The van der Waals surface area contributed by atoms with Crippen molar-refractivity contribution in [1.82, 2.24) is 9.80 Å². The van der Waals surface area contributed by atoms with Crippen molar-refractivity contribution >= 4 is 29.1 Å². The number of carbonyl (C=O) groups excluding carboxylic acids is 3. The Morgan fingerprint density at radius 3 is 2.14 bits per heavy atom. The molecule has 1 aliphatic rings.